The average Bonchev–Trinajstić information content (AvgIpc) is 4.08. The topological polar surface area (TPSA) is 9.72 Å². The van der Waals surface area contributed by atoms with E-state index in [9.17, 15) is 0 Å². The first kappa shape index (κ1) is 52.0. The van der Waals surface area contributed by atoms with Gasteiger partial charge in [-0.1, -0.05) is 190 Å². The second kappa shape index (κ2) is 16.9. The van der Waals surface area contributed by atoms with E-state index in [4.69, 9.17) is 0 Å². The Morgan fingerprint density at radius 3 is 1.52 bits per heavy atom. The highest BCUT2D eigenvalue weighted by Gasteiger charge is 2.62. The smallest absolute Gasteiger partial charge is 0.252 e. The Morgan fingerprint density at radius 2 is 0.961 bits per heavy atom. The molecule has 5 heteroatoms. The van der Waals surface area contributed by atoms with Gasteiger partial charge >= 0.3 is 0 Å². The van der Waals surface area contributed by atoms with E-state index in [1.165, 1.54) is 140 Å². The van der Waals surface area contributed by atoms with E-state index in [1.54, 1.807) is 5.56 Å². The Kier molecular flexibility index (Phi) is 11.4. The number of fused-ring (bicyclic) bond motifs is 10. The van der Waals surface area contributed by atoms with Crippen LogP contribution in [-0.2, 0) is 32.5 Å². The van der Waals surface area contributed by atoms with Gasteiger partial charge in [-0.15, -0.1) is 11.3 Å². The maximum absolute atomic E-state index is 2.93. The monoisotopic (exact) mass is 1030 g/mol. The van der Waals surface area contributed by atoms with Crippen molar-refractivity contribution in [3.63, 3.8) is 0 Å². The lowest BCUT2D eigenvalue weighted by Crippen LogP contribution is -2.64. The molecule has 0 amide bonds. The number of hydrogen-bond acceptors (Lipinski definition) is 4. The molecular weight excluding hydrogens is 950 g/mol. The van der Waals surface area contributed by atoms with Gasteiger partial charge in [0.15, 0.2) is 0 Å². The van der Waals surface area contributed by atoms with E-state index in [2.05, 4.69) is 262 Å². The lowest BCUT2D eigenvalue weighted by atomic mass is 9.33. The molecule has 2 unspecified atom stereocenters. The largest absolute Gasteiger partial charge is 0.335 e. The minimum atomic E-state index is -0.146. The highest BCUT2D eigenvalue weighted by Crippen LogP contribution is 2.63. The van der Waals surface area contributed by atoms with Crippen LogP contribution in [0, 0.1) is 13.8 Å². The first-order valence-corrected chi connectivity index (χ1v) is 29.8. The summed E-state index contributed by atoms with van der Waals surface area (Å²) in [5, 5.41) is 2.72. The lowest BCUT2D eigenvalue weighted by Gasteiger charge is -2.53. The van der Waals surface area contributed by atoms with Gasteiger partial charge in [0.1, 0.15) is 0 Å². The van der Waals surface area contributed by atoms with Crippen LogP contribution in [0.5, 0.6) is 0 Å². The van der Waals surface area contributed by atoms with E-state index in [0.717, 1.165) is 6.42 Å². The van der Waals surface area contributed by atoms with E-state index in [1.807, 2.05) is 11.3 Å². The summed E-state index contributed by atoms with van der Waals surface area (Å²) in [6, 6.07) is 47.0. The standard InChI is InChI=1S/C72H84BN3S/c1-43-34-48(69(12,13)14)35-44(2)64(43)75-58-42-62-54(53-31-26-47(68(9,10)11)38-61(53)77-62)41-56(58)73-57-37-49(70(15,16)17)36-55-65(57)76(72(19)33-21-20-32-71(55,72)18)60-40-52(39-59(75)63(60)73)74(50-27-22-45(23-28-50)66(3,4)5)51-29-24-46(25-30-51)67(6,7)8/h22-31,34-42H,20-21,32-33H2,1-19H3. The summed E-state index contributed by atoms with van der Waals surface area (Å²) in [6.07, 6.45) is 4.80. The van der Waals surface area contributed by atoms with E-state index in [0.29, 0.717) is 0 Å². The van der Waals surface area contributed by atoms with Gasteiger partial charge in [-0.05, 0) is 176 Å². The number of benzene rings is 7. The molecule has 2 atom stereocenters. The van der Waals surface area contributed by atoms with Crippen molar-refractivity contribution >= 4 is 100 Å². The predicted molar refractivity (Wildman–Crippen MR) is 339 cm³/mol. The molecule has 396 valence electrons. The van der Waals surface area contributed by atoms with Crippen LogP contribution in [0.15, 0.2) is 115 Å². The van der Waals surface area contributed by atoms with Gasteiger partial charge in [0.05, 0.1) is 16.9 Å². The Labute approximate surface area is 467 Å². The summed E-state index contributed by atoms with van der Waals surface area (Å²) in [6.45, 7) is 45.3. The molecule has 12 rings (SSSR count). The van der Waals surface area contributed by atoms with Gasteiger partial charge in [0.2, 0.25) is 0 Å². The minimum Gasteiger partial charge on any atom is -0.335 e. The molecule has 77 heavy (non-hydrogen) atoms. The van der Waals surface area contributed by atoms with Gasteiger partial charge in [-0.25, -0.2) is 0 Å². The molecule has 0 N–H and O–H groups in total. The van der Waals surface area contributed by atoms with Gasteiger partial charge in [0.25, 0.3) is 6.71 Å². The lowest BCUT2D eigenvalue weighted by molar-refractivity contribution is 0.195. The fraction of sp³-hybridized carbons (Fsp3) is 0.417. The molecule has 0 bridgehead atoms. The maximum Gasteiger partial charge on any atom is 0.252 e. The summed E-state index contributed by atoms with van der Waals surface area (Å²) in [5.74, 6) is 0. The zero-order valence-electron chi connectivity index (χ0n) is 50.1. The van der Waals surface area contributed by atoms with Crippen molar-refractivity contribution in [1.29, 1.82) is 0 Å². The SMILES string of the molecule is Cc1cc(C(C)(C)C)cc(C)c1N1c2cc3sc4cc(C(C)(C)C)ccc4c3cc2B2c3cc(C(C)(C)C)cc4c3N(c3cc(N(c5ccc(C(C)(C)C)cc5)c5ccc(C(C)(C)C)cc5)cc1c32)C1(C)CCCCC41C. The normalized spacial score (nSPS) is 19.2. The van der Waals surface area contributed by atoms with Crippen LogP contribution in [0.2, 0.25) is 0 Å². The molecule has 4 aliphatic rings. The second-order valence-electron chi connectivity index (χ2n) is 29.6. The van der Waals surface area contributed by atoms with Crippen molar-refractivity contribution in [2.24, 2.45) is 0 Å². The molecule has 0 saturated heterocycles. The predicted octanol–water partition coefficient (Wildman–Crippen LogP) is 19.0. The maximum atomic E-state index is 2.93. The van der Waals surface area contributed by atoms with Crippen LogP contribution in [0.4, 0.5) is 45.5 Å². The van der Waals surface area contributed by atoms with Gasteiger partial charge in [-0.2, -0.15) is 0 Å². The number of anilines is 8. The number of hydrogen-bond donors (Lipinski definition) is 0. The van der Waals surface area contributed by atoms with E-state index in [-0.39, 0.29) is 44.7 Å². The highest BCUT2D eigenvalue weighted by molar-refractivity contribution is 7.26. The fourth-order valence-electron chi connectivity index (χ4n) is 14.3. The second-order valence-corrected chi connectivity index (χ2v) is 30.7. The first-order chi connectivity index (χ1) is 35.9. The van der Waals surface area contributed by atoms with E-state index >= 15 is 0 Å². The summed E-state index contributed by atoms with van der Waals surface area (Å²) in [4.78, 5) is 8.25. The Balaban J connectivity index is 1.25. The third kappa shape index (κ3) is 7.91. The van der Waals surface area contributed by atoms with Crippen molar-refractivity contribution in [2.45, 2.75) is 195 Å². The quantitative estimate of drug-likeness (QED) is 0.163. The van der Waals surface area contributed by atoms with Crippen molar-refractivity contribution in [3.8, 4) is 0 Å². The molecular formula is C72H84BN3S. The molecule has 4 heterocycles. The Hall–Kier alpha value is -5.78. The Bertz CT molecular complexity index is 3650. The zero-order chi connectivity index (χ0) is 55.1. The minimum absolute atomic E-state index is 0.00276. The number of rotatable bonds is 4. The fourth-order valence-corrected chi connectivity index (χ4v) is 15.4. The summed E-state index contributed by atoms with van der Waals surface area (Å²) >= 11 is 1.97. The number of thiophene rings is 1. The van der Waals surface area contributed by atoms with Crippen LogP contribution >= 0.6 is 11.3 Å². The van der Waals surface area contributed by atoms with Crippen molar-refractivity contribution in [3.05, 3.63) is 160 Å². The Morgan fingerprint density at radius 1 is 0.455 bits per heavy atom. The molecule has 0 spiro atoms. The average molecular weight is 1030 g/mol. The van der Waals surface area contributed by atoms with Gasteiger partial charge in [0, 0.05) is 54.3 Å². The third-order valence-electron chi connectivity index (χ3n) is 19.2. The van der Waals surface area contributed by atoms with Crippen molar-refractivity contribution < 1.29 is 0 Å². The van der Waals surface area contributed by atoms with Crippen molar-refractivity contribution in [2.75, 3.05) is 14.7 Å². The molecule has 8 aromatic rings. The van der Waals surface area contributed by atoms with Gasteiger partial charge in [-0.3, -0.25) is 0 Å². The van der Waals surface area contributed by atoms with E-state index < -0.39 is 0 Å². The van der Waals surface area contributed by atoms with Crippen molar-refractivity contribution in [1.82, 2.24) is 0 Å². The van der Waals surface area contributed by atoms with Crippen LogP contribution in [0.3, 0.4) is 0 Å². The first-order valence-electron chi connectivity index (χ1n) is 29.0. The molecule has 7 aromatic carbocycles. The molecule has 1 aromatic heterocycles. The summed E-state index contributed by atoms with van der Waals surface area (Å²) < 4.78 is 2.71. The molecule has 1 aliphatic carbocycles. The summed E-state index contributed by atoms with van der Waals surface area (Å²) in [5.41, 5.74) is 25.4. The third-order valence-corrected chi connectivity index (χ3v) is 20.3. The van der Waals surface area contributed by atoms with Crippen LogP contribution < -0.4 is 31.1 Å². The highest BCUT2D eigenvalue weighted by atomic mass is 32.1. The van der Waals surface area contributed by atoms with Gasteiger partial charge < -0.3 is 14.7 Å². The molecule has 1 saturated carbocycles. The van der Waals surface area contributed by atoms with Crippen LogP contribution in [0.1, 0.15) is 188 Å². The number of nitrogens with zero attached hydrogens (tertiary/aromatic N) is 3. The van der Waals surface area contributed by atoms with Crippen LogP contribution in [0.25, 0.3) is 20.2 Å². The van der Waals surface area contributed by atoms with Crippen LogP contribution in [-0.4, -0.2) is 12.3 Å². The summed E-state index contributed by atoms with van der Waals surface area (Å²) in [7, 11) is 0. The molecule has 3 nitrogen and oxygen atoms in total. The molecule has 3 aliphatic heterocycles. The zero-order valence-corrected chi connectivity index (χ0v) is 50.9. The molecule has 1 fully saturated rings. The number of aryl methyl sites for hydroxylation is 2. The molecule has 0 radical (unpaired) electrons.